The van der Waals surface area contributed by atoms with Crippen LogP contribution in [0.2, 0.25) is 0 Å². The third-order valence-corrected chi connectivity index (χ3v) is 11.8. The minimum Gasteiger partial charge on any atom is -0.488 e. The molecule has 6 atom stereocenters. The highest BCUT2D eigenvalue weighted by atomic mass is 16.6. The Morgan fingerprint density at radius 2 is 0.714 bits per heavy atom. The summed E-state index contributed by atoms with van der Waals surface area (Å²) in [4.78, 5) is 14.0. The van der Waals surface area contributed by atoms with E-state index in [0.717, 1.165) is 84.5 Å². The highest BCUT2D eigenvalue weighted by molar-refractivity contribution is 5.42. The van der Waals surface area contributed by atoms with Gasteiger partial charge in [0.15, 0.2) is 58.5 Å². The van der Waals surface area contributed by atoms with Crippen molar-refractivity contribution in [2.45, 2.75) is 75.1 Å². The minimum atomic E-state index is -0.186. The van der Waals surface area contributed by atoms with E-state index in [1.165, 1.54) is 5.01 Å². The van der Waals surface area contributed by atoms with Crippen molar-refractivity contribution in [1.82, 2.24) is 14.8 Å². The van der Waals surface area contributed by atoms with Crippen LogP contribution >= 0.6 is 0 Å². The van der Waals surface area contributed by atoms with Crippen molar-refractivity contribution in [3.05, 3.63) is 102 Å². The molecule has 0 radical (unpaired) electrons. The molecule has 15 nitrogen and oxygen atoms in total. The van der Waals surface area contributed by atoms with Gasteiger partial charge in [-0.15, -0.1) is 4.91 Å². The van der Waals surface area contributed by atoms with Crippen LogP contribution in [0, 0.1) is 4.91 Å². The van der Waals surface area contributed by atoms with Gasteiger partial charge in [0.25, 0.3) is 0 Å². The zero-order valence-corrected chi connectivity index (χ0v) is 36.3. The predicted octanol–water partition coefficient (Wildman–Crippen LogP) is 7.22. The molecule has 0 spiro atoms. The van der Waals surface area contributed by atoms with E-state index < -0.39 is 0 Å². The number of fused-ring (bicyclic) bond motifs is 4. The van der Waals surface area contributed by atoms with Crippen molar-refractivity contribution in [2.24, 2.45) is 5.29 Å². The van der Waals surface area contributed by atoms with Crippen molar-refractivity contribution in [1.29, 1.82) is 0 Å². The first kappa shape index (κ1) is 44.1. The number of rotatable bonds is 1. The quantitative estimate of drug-likeness (QED) is 0.141. The number of nitroso groups, excluding NO2 is 1. The molecule has 15 heteroatoms. The highest BCUT2D eigenvalue weighted by Gasteiger charge is 2.41. The molecule has 10 rings (SSSR count). The Bertz CT molecular complexity index is 1900. The van der Waals surface area contributed by atoms with Crippen LogP contribution in [-0.4, -0.2) is 132 Å². The molecule has 4 aromatic carbocycles. The maximum absolute atomic E-state index is 9.18. The van der Waals surface area contributed by atoms with E-state index >= 15 is 0 Å². The first-order chi connectivity index (χ1) is 31.0. The summed E-state index contributed by atoms with van der Waals surface area (Å²) < 4.78 is 61.3. The zero-order valence-electron chi connectivity index (χ0n) is 36.3. The fraction of sp³-hybridized carbons (Fsp3) is 0.500. The van der Waals surface area contributed by atoms with Crippen LogP contribution in [0.5, 0.6) is 46.0 Å². The van der Waals surface area contributed by atoms with E-state index in [1.807, 2.05) is 97.1 Å². The van der Waals surface area contributed by atoms with Crippen LogP contribution in [0.15, 0.2) is 102 Å². The standard InChI is InChI=1S/2C23H27NO5.C2H6N2O/c2*1-2-9-20-19(8-1)26-13-12-25-16-23-24-17(14-27-20)6-5-7-18(24)15-28-21-10-3-4-11-22(21)29-23;1-4(2)3-5/h2*1-4,8-11,17-18,23H,5-7,12-16H2;1-2H3. The Morgan fingerprint density at radius 1 is 0.429 bits per heavy atom. The second-order valence-electron chi connectivity index (χ2n) is 16.3. The van der Waals surface area contributed by atoms with Crippen LogP contribution < -0.4 is 37.9 Å². The van der Waals surface area contributed by atoms with Crippen molar-refractivity contribution in [3.8, 4) is 46.0 Å². The molecule has 63 heavy (non-hydrogen) atoms. The summed E-state index contributed by atoms with van der Waals surface area (Å²) >= 11 is 0. The molecule has 338 valence electrons. The van der Waals surface area contributed by atoms with Crippen LogP contribution in [-0.2, 0) is 9.47 Å². The number of benzene rings is 4. The SMILES string of the molecule is CN(C)N=O.c1ccc2c(c1)OCCOCC1Oc3ccccc3OCC3CCCC(CO2)N31.c1ccc2c(c1)OCCOCC1Oc3ccccc3OCC3CCCC(CO2)N31. The van der Waals surface area contributed by atoms with Crippen molar-refractivity contribution in [3.63, 3.8) is 0 Å². The maximum Gasteiger partial charge on any atom is 0.177 e. The fourth-order valence-corrected chi connectivity index (χ4v) is 8.89. The van der Waals surface area contributed by atoms with E-state index in [2.05, 4.69) is 15.1 Å². The molecule has 0 aromatic heterocycles. The zero-order chi connectivity index (χ0) is 43.2. The van der Waals surface area contributed by atoms with E-state index in [1.54, 1.807) is 14.1 Å². The van der Waals surface area contributed by atoms with Gasteiger partial charge in [-0.2, -0.15) is 0 Å². The normalized spacial score (nSPS) is 25.7. The number of para-hydroxylation sites is 8. The largest absolute Gasteiger partial charge is 0.488 e. The third-order valence-electron chi connectivity index (χ3n) is 11.8. The van der Waals surface area contributed by atoms with Gasteiger partial charge in [-0.1, -0.05) is 61.4 Å². The first-order valence-corrected chi connectivity index (χ1v) is 22.2. The number of hydrogen-bond donors (Lipinski definition) is 0. The summed E-state index contributed by atoms with van der Waals surface area (Å²) in [6.07, 6.45) is 6.19. The summed E-state index contributed by atoms with van der Waals surface area (Å²) in [5.74, 6) is 6.21. The fourth-order valence-electron chi connectivity index (χ4n) is 8.89. The third kappa shape index (κ3) is 11.6. The van der Waals surface area contributed by atoms with Gasteiger partial charge in [-0.05, 0) is 74.2 Å². The summed E-state index contributed by atoms with van der Waals surface area (Å²) in [7, 11) is 3.15. The van der Waals surface area contributed by atoms with Gasteiger partial charge in [-0.25, -0.2) is 0 Å². The number of nitrogens with zero attached hydrogens (tertiary/aromatic N) is 4. The van der Waals surface area contributed by atoms with E-state index in [9.17, 15) is 4.91 Å². The van der Waals surface area contributed by atoms with Crippen molar-refractivity contribution >= 4 is 0 Å². The molecule has 0 bridgehead atoms. The lowest BCUT2D eigenvalue weighted by atomic mass is 9.95. The van der Waals surface area contributed by atoms with Gasteiger partial charge in [0.2, 0.25) is 0 Å². The summed E-state index contributed by atoms with van der Waals surface area (Å²) in [6, 6.07) is 32.4. The summed E-state index contributed by atoms with van der Waals surface area (Å²) in [5, 5.41) is 3.67. The number of hydrogen-bond acceptors (Lipinski definition) is 14. The van der Waals surface area contributed by atoms with Crippen LogP contribution in [0.3, 0.4) is 0 Å². The average molecular weight is 869 g/mol. The average Bonchev–Trinajstić information content (AvgIpc) is 3.30. The topological polar surface area (TPSA) is 131 Å². The molecular weight excluding hydrogens is 809 g/mol. The Balaban J connectivity index is 0.000000156. The Hall–Kier alpha value is -5.48. The van der Waals surface area contributed by atoms with Gasteiger partial charge in [0, 0.05) is 38.3 Å². The molecule has 6 aliphatic heterocycles. The second kappa shape index (κ2) is 22.2. The van der Waals surface area contributed by atoms with Gasteiger partial charge in [0.05, 0.1) is 31.7 Å². The van der Waals surface area contributed by atoms with E-state index in [4.69, 9.17) is 47.4 Å². The molecule has 4 aromatic rings. The molecule has 0 saturated carbocycles. The lowest BCUT2D eigenvalue weighted by molar-refractivity contribution is -0.119. The molecular formula is C48H60N4O11. The minimum absolute atomic E-state index is 0.186. The second-order valence-corrected chi connectivity index (χ2v) is 16.3. The Labute approximate surface area is 369 Å². The molecule has 6 unspecified atom stereocenters. The Kier molecular flexibility index (Phi) is 15.6. The first-order valence-electron chi connectivity index (χ1n) is 22.2. The van der Waals surface area contributed by atoms with Crippen LogP contribution in [0.1, 0.15) is 38.5 Å². The number of piperidine rings is 2. The molecule has 6 heterocycles. The molecule has 0 N–H and O–H groups in total. The molecule has 2 saturated heterocycles. The lowest BCUT2D eigenvalue weighted by Gasteiger charge is -2.46. The van der Waals surface area contributed by atoms with Crippen LogP contribution in [0.4, 0.5) is 0 Å². The highest BCUT2D eigenvalue weighted by Crippen LogP contribution is 2.38. The van der Waals surface area contributed by atoms with Crippen molar-refractivity contribution in [2.75, 3.05) is 80.2 Å². The smallest absolute Gasteiger partial charge is 0.177 e. The number of ether oxygens (including phenoxy) is 10. The molecule has 0 amide bonds. The molecule has 6 aliphatic rings. The summed E-state index contributed by atoms with van der Waals surface area (Å²) in [6.45, 7) is 5.35. The Morgan fingerprint density at radius 3 is 1.03 bits per heavy atom. The molecule has 0 aliphatic carbocycles. The maximum atomic E-state index is 9.18. The summed E-state index contributed by atoms with van der Waals surface area (Å²) in [5.41, 5.74) is 0. The van der Waals surface area contributed by atoms with E-state index in [0.29, 0.717) is 66.1 Å². The monoisotopic (exact) mass is 868 g/mol. The van der Waals surface area contributed by atoms with E-state index in [-0.39, 0.29) is 36.6 Å². The van der Waals surface area contributed by atoms with Gasteiger partial charge >= 0.3 is 0 Å². The van der Waals surface area contributed by atoms with Crippen molar-refractivity contribution < 1.29 is 47.4 Å². The van der Waals surface area contributed by atoms with Gasteiger partial charge in [0.1, 0.15) is 39.6 Å². The predicted molar refractivity (Wildman–Crippen MR) is 235 cm³/mol. The molecule has 2 fully saturated rings. The van der Waals surface area contributed by atoms with Gasteiger partial charge < -0.3 is 47.4 Å². The van der Waals surface area contributed by atoms with Gasteiger partial charge in [-0.3, -0.25) is 14.8 Å². The van der Waals surface area contributed by atoms with Crippen LogP contribution in [0.25, 0.3) is 0 Å². The lowest BCUT2D eigenvalue weighted by Crippen LogP contribution is -2.59.